The standard InChI is InChI=1S/C19H24N2O4/c1-12(21)16(10-20)17(22)11-24-18(23)13(2)25-15-8-6-14(7-9-15)19(3,4)5/h6-9,13,16,21H,11H2,1-5H3/t13-,16-/m1/s1. The van der Waals surface area contributed by atoms with Crippen molar-refractivity contribution in [2.45, 2.75) is 46.1 Å². The van der Waals surface area contributed by atoms with Gasteiger partial charge in [0.05, 0.1) is 6.07 Å². The maximum absolute atomic E-state index is 11.9. The van der Waals surface area contributed by atoms with Crippen molar-refractivity contribution in [3.63, 3.8) is 0 Å². The van der Waals surface area contributed by atoms with Gasteiger partial charge < -0.3 is 14.9 Å². The summed E-state index contributed by atoms with van der Waals surface area (Å²) in [7, 11) is 0. The van der Waals surface area contributed by atoms with Crippen molar-refractivity contribution in [3.05, 3.63) is 29.8 Å². The zero-order valence-corrected chi connectivity index (χ0v) is 15.3. The van der Waals surface area contributed by atoms with Crippen molar-refractivity contribution in [3.8, 4) is 11.8 Å². The number of hydrogen-bond acceptors (Lipinski definition) is 6. The highest BCUT2D eigenvalue weighted by Crippen LogP contribution is 2.24. The van der Waals surface area contributed by atoms with Crippen molar-refractivity contribution in [1.29, 1.82) is 10.7 Å². The van der Waals surface area contributed by atoms with Crippen molar-refractivity contribution in [2.75, 3.05) is 6.61 Å². The highest BCUT2D eigenvalue weighted by Gasteiger charge is 2.24. The number of benzene rings is 1. The van der Waals surface area contributed by atoms with Crippen molar-refractivity contribution in [2.24, 2.45) is 5.92 Å². The number of Topliss-reactive ketones (excluding diaryl/α,β-unsaturated/α-hetero) is 1. The SMILES string of the molecule is CC(=N)[C@@H](C#N)C(=O)COC(=O)[C@@H](C)Oc1ccc(C(C)(C)C)cc1. The summed E-state index contributed by atoms with van der Waals surface area (Å²) < 4.78 is 10.4. The minimum atomic E-state index is -1.19. The van der Waals surface area contributed by atoms with Gasteiger partial charge in [-0.1, -0.05) is 32.9 Å². The lowest BCUT2D eigenvalue weighted by Crippen LogP contribution is -2.31. The Morgan fingerprint density at radius 3 is 2.24 bits per heavy atom. The van der Waals surface area contributed by atoms with Gasteiger partial charge in [0, 0.05) is 5.71 Å². The first-order valence-electron chi connectivity index (χ1n) is 7.97. The van der Waals surface area contributed by atoms with Crippen LogP contribution in [-0.2, 0) is 19.7 Å². The van der Waals surface area contributed by atoms with Crippen LogP contribution in [0.4, 0.5) is 0 Å². The number of rotatable bonds is 7. The third-order valence-corrected chi connectivity index (χ3v) is 3.61. The molecule has 0 fully saturated rings. The summed E-state index contributed by atoms with van der Waals surface area (Å²) >= 11 is 0. The fourth-order valence-corrected chi connectivity index (χ4v) is 2.04. The lowest BCUT2D eigenvalue weighted by molar-refractivity contribution is -0.154. The van der Waals surface area contributed by atoms with Crippen LogP contribution in [0.1, 0.15) is 40.2 Å². The van der Waals surface area contributed by atoms with Crippen LogP contribution in [0.2, 0.25) is 0 Å². The molecule has 6 nitrogen and oxygen atoms in total. The van der Waals surface area contributed by atoms with Gasteiger partial charge in [0.1, 0.15) is 11.7 Å². The molecule has 0 unspecified atom stereocenters. The van der Waals surface area contributed by atoms with Crippen LogP contribution in [0.5, 0.6) is 5.75 Å². The number of ether oxygens (including phenoxy) is 2. The Kier molecular flexibility index (Phi) is 6.86. The van der Waals surface area contributed by atoms with Crippen LogP contribution in [0.25, 0.3) is 0 Å². The summed E-state index contributed by atoms with van der Waals surface area (Å²) in [5.41, 5.74) is 1.09. The molecule has 0 amide bonds. The highest BCUT2D eigenvalue weighted by atomic mass is 16.6. The van der Waals surface area contributed by atoms with Crippen LogP contribution in [0.3, 0.4) is 0 Å². The minimum Gasteiger partial charge on any atom is -0.479 e. The van der Waals surface area contributed by atoms with Gasteiger partial charge in [-0.05, 0) is 37.0 Å². The number of nitrogens with one attached hydrogen (secondary N) is 1. The van der Waals surface area contributed by atoms with Crippen molar-refractivity contribution in [1.82, 2.24) is 0 Å². The Labute approximate surface area is 148 Å². The molecule has 0 spiro atoms. The molecule has 0 heterocycles. The van der Waals surface area contributed by atoms with E-state index in [9.17, 15) is 9.59 Å². The van der Waals surface area contributed by atoms with E-state index in [0.29, 0.717) is 5.75 Å². The maximum Gasteiger partial charge on any atom is 0.347 e. The molecule has 134 valence electrons. The van der Waals surface area contributed by atoms with Crippen LogP contribution in [-0.4, -0.2) is 30.2 Å². The summed E-state index contributed by atoms with van der Waals surface area (Å²) in [6.45, 7) is 8.64. The van der Waals surface area contributed by atoms with Crippen molar-refractivity contribution < 1.29 is 19.1 Å². The maximum atomic E-state index is 11.9. The molecule has 6 heteroatoms. The van der Waals surface area contributed by atoms with E-state index in [-0.39, 0.29) is 11.1 Å². The molecule has 0 aliphatic carbocycles. The average molecular weight is 344 g/mol. The first-order valence-corrected chi connectivity index (χ1v) is 7.97. The molecule has 0 saturated heterocycles. The first kappa shape index (κ1) is 20.4. The molecule has 1 rings (SSSR count). The van der Waals surface area contributed by atoms with E-state index in [4.69, 9.17) is 20.1 Å². The van der Waals surface area contributed by atoms with Gasteiger partial charge in [0.15, 0.2) is 18.5 Å². The molecular formula is C19H24N2O4. The number of nitriles is 1. The largest absolute Gasteiger partial charge is 0.479 e. The van der Waals surface area contributed by atoms with E-state index >= 15 is 0 Å². The van der Waals surface area contributed by atoms with Gasteiger partial charge in [-0.3, -0.25) is 4.79 Å². The lowest BCUT2D eigenvalue weighted by atomic mass is 9.87. The Bertz CT molecular complexity index is 681. The van der Waals surface area contributed by atoms with E-state index in [1.54, 1.807) is 18.2 Å². The normalized spacial score (nSPS) is 13.3. The molecule has 2 atom stereocenters. The molecule has 0 aromatic heterocycles. The fourth-order valence-electron chi connectivity index (χ4n) is 2.04. The lowest BCUT2D eigenvalue weighted by Gasteiger charge is -2.20. The number of ketones is 1. The van der Waals surface area contributed by atoms with E-state index < -0.39 is 30.4 Å². The van der Waals surface area contributed by atoms with Crippen LogP contribution in [0, 0.1) is 22.7 Å². The number of esters is 1. The Balaban J connectivity index is 2.59. The zero-order chi connectivity index (χ0) is 19.2. The van der Waals surface area contributed by atoms with Gasteiger partial charge >= 0.3 is 5.97 Å². The van der Waals surface area contributed by atoms with E-state index in [1.165, 1.54) is 13.8 Å². The molecule has 25 heavy (non-hydrogen) atoms. The Morgan fingerprint density at radius 2 is 1.80 bits per heavy atom. The molecule has 0 radical (unpaired) electrons. The Hall–Kier alpha value is -2.68. The molecule has 0 aliphatic rings. The molecule has 0 aliphatic heterocycles. The second-order valence-corrected chi connectivity index (χ2v) is 6.85. The Morgan fingerprint density at radius 1 is 1.24 bits per heavy atom. The second kappa shape index (κ2) is 8.43. The zero-order valence-electron chi connectivity index (χ0n) is 15.3. The summed E-state index contributed by atoms with van der Waals surface area (Å²) in [6.07, 6.45) is -0.894. The quantitative estimate of drug-likeness (QED) is 0.605. The van der Waals surface area contributed by atoms with Gasteiger partial charge in [0.2, 0.25) is 0 Å². The van der Waals surface area contributed by atoms with Crippen LogP contribution in [0.15, 0.2) is 24.3 Å². The summed E-state index contributed by atoms with van der Waals surface area (Å²) in [6, 6.07) is 9.13. The van der Waals surface area contributed by atoms with Gasteiger partial charge in [0.25, 0.3) is 0 Å². The minimum absolute atomic E-state index is 0.0215. The first-order chi connectivity index (χ1) is 11.6. The monoisotopic (exact) mass is 344 g/mol. The van der Waals surface area contributed by atoms with Crippen LogP contribution >= 0.6 is 0 Å². The third kappa shape index (κ3) is 6.03. The van der Waals surface area contributed by atoms with E-state index in [0.717, 1.165) is 5.56 Å². The molecule has 0 saturated carbocycles. The fraction of sp³-hybridized carbons (Fsp3) is 0.474. The molecular weight excluding hydrogens is 320 g/mol. The predicted molar refractivity (Wildman–Crippen MR) is 93.7 cm³/mol. The number of hydrogen-bond donors (Lipinski definition) is 1. The number of nitrogens with zero attached hydrogens (tertiary/aromatic N) is 1. The molecule has 1 aromatic carbocycles. The number of carbonyl (C=O) groups excluding carboxylic acids is 2. The van der Waals surface area contributed by atoms with Gasteiger partial charge in [-0.2, -0.15) is 5.26 Å². The molecule has 0 bridgehead atoms. The van der Waals surface area contributed by atoms with Gasteiger partial charge in [-0.25, -0.2) is 4.79 Å². The highest BCUT2D eigenvalue weighted by molar-refractivity contribution is 6.06. The predicted octanol–water partition coefficient (Wildman–Crippen LogP) is 3.04. The molecule has 1 aromatic rings. The topological polar surface area (TPSA) is 100 Å². The number of carbonyl (C=O) groups is 2. The second-order valence-electron chi connectivity index (χ2n) is 6.85. The van der Waals surface area contributed by atoms with Crippen molar-refractivity contribution >= 4 is 17.5 Å². The summed E-state index contributed by atoms with van der Waals surface area (Å²) in [4.78, 5) is 23.7. The average Bonchev–Trinajstić information content (AvgIpc) is 2.52. The third-order valence-electron chi connectivity index (χ3n) is 3.61. The summed E-state index contributed by atoms with van der Waals surface area (Å²) in [5, 5.41) is 16.2. The molecule has 1 N–H and O–H groups in total. The van der Waals surface area contributed by atoms with E-state index in [2.05, 4.69) is 20.8 Å². The smallest absolute Gasteiger partial charge is 0.347 e. The van der Waals surface area contributed by atoms with Gasteiger partial charge in [-0.15, -0.1) is 0 Å². The summed E-state index contributed by atoms with van der Waals surface area (Å²) in [5.74, 6) is -1.99. The van der Waals surface area contributed by atoms with Crippen LogP contribution < -0.4 is 4.74 Å². The van der Waals surface area contributed by atoms with E-state index in [1.807, 2.05) is 12.1 Å².